The van der Waals surface area contributed by atoms with Crippen LogP contribution in [-0.4, -0.2) is 48.2 Å². The van der Waals surface area contributed by atoms with Gasteiger partial charge in [-0.25, -0.2) is 13.4 Å². The van der Waals surface area contributed by atoms with E-state index in [1.165, 1.54) is 16.8 Å². The number of piperidine rings is 1. The summed E-state index contributed by atoms with van der Waals surface area (Å²) in [6.45, 7) is 3.41. The largest absolute Gasteiger partial charge is 0.356 e. The van der Waals surface area contributed by atoms with Crippen molar-refractivity contribution in [3.8, 4) is 0 Å². The van der Waals surface area contributed by atoms with E-state index >= 15 is 0 Å². The standard InChI is InChI=1S/C12H20N4O3S/c1-2-5-14-12(17)10-3-6-16(7-4-10)20(18,19)11-8-13-9-15-11/h8-10H,2-7H2,1H3,(H,13,15)(H,14,17). The van der Waals surface area contributed by atoms with Crippen molar-refractivity contribution in [2.24, 2.45) is 5.92 Å². The van der Waals surface area contributed by atoms with Crippen LogP contribution in [0.15, 0.2) is 17.6 Å². The Balaban J connectivity index is 1.93. The molecule has 0 atom stereocenters. The molecule has 0 aliphatic carbocycles. The molecule has 0 aromatic carbocycles. The first-order chi connectivity index (χ1) is 9.55. The first kappa shape index (κ1) is 15.0. The lowest BCUT2D eigenvalue weighted by Gasteiger charge is -2.30. The number of carbonyl (C=O) groups excluding carboxylic acids is 1. The third kappa shape index (κ3) is 3.18. The van der Waals surface area contributed by atoms with Crippen molar-refractivity contribution >= 4 is 15.9 Å². The molecule has 1 amide bonds. The minimum Gasteiger partial charge on any atom is -0.356 e. The molecule has 2 N–H and O–H groups in total. The Labute approximate surface area is 118 Å². The summed E-state index contributed by atoms with van der Waals surface area (Å²) in [5, 5.41) is 2.96. The van der Waals surface area contributed by atoms with Gasteiger partial charge in [-0.15, -0.1) is 0 Å². The van der Waals surface area contributed by atoms with Crippen LogP contribution >= 0.6 is 0 Å². The number of hydrogen-bond acceptors (Lipinski definition) is 4. The first-order valence-corrected chi connectivity index (χ1v) is 8.26. The van der Waals surface area contributed by atoms with Crippen molar-refractivity contribution in [3.05, 3.63) is 12.5 Å². The molecule has 7 nitrogen and oxygen atoms in total. The Bertz CT molecular complexity index is 533. The van der Waals surface area contributed by atoms with Crippen LogP contribution in [0.4, 0.5) is 0 Å². The topological polar surface area (TPSA) is 95.2 Å². The van der Waals surface area contributed by atoms with Crippen LogP contribution in [0.2, 0.25) is 0 Å². The molecule has 1 aromatic heterocycles. The summed E-state index contributed by atoms with van der Waals surface area (Å²) in [5.74, 6) is -0.0554. The van der Waals surface area contributed by atoms with Gasteiger partial charge >= 0.3 is 0 Å². The van der Waals surface area contributed by atoms with Crippen LogP contribution in [0.3, 0.4) is 0 Å². The van der Waals surface area contributed by atoms with E-state index in [0.717, 1.165) is 6.42 Å². The highest BCUT2D eigenvalue weighted by Crippen LogP contribution is 2.22. The van der Waals surface area contributed by atoms with E-state index in [1.54, 1.807) is 0 Å². The fourth-order valence-corrected chi connectivity index (χ4v) is 3.64. The Morgan fingerprint density at radius 2 is 2.20 bits per heavy atom. The molecular weight excluding hydrogens is 280 g/mol. The van der Waals surface area contributed by atoms with Gasteiger partial charge in [-0.2, -0.15) is 4.31 Å². The molecule has 20 heavy (non-hydrogen) atoms. The zero-order valence-electron chi connectivity index (χ0n) is 11.5. The number of carbonyl (C=O) groups is 1. The lowest BCUT2D eigenvalue weighted by Crippen LogP contribution is -2.43. The quantitative estimate of drug-likeness (QED) is 0.819. The number of amides is 1. The summed E-state index contributed by atoms with van der Waals surface area (Å²) in [4.78, 5) is 18.2. The Morgan fingerprint density at radius 1 is 1.50 bits per heavy atom. The minimum atomic E-state index is -3.50. The monoisotopic (exact) mass is 300 g/mol. The van der Waals surface area contributed by atoms with Crippen molar-refractivity contribution < 1.29 is 13.2 Å². The van der Waals surface area contributed by atoms with Gasteiger partial charge < -0.3 is 10.3 Å². The van der Waals surface area contributed by atoms with Crippen LogP contribution < -0.4 is 5.32 Å². The summed E-state index contributed by atoms with van der Waals surface area (Å²) < 4.78 is 25.9. The maximum absolute atomic E-state index is 12.3. The van der Waals surface area contributed by atoms with E-state index in [9.17, 15) is 13.2 Å². The van der Waals surface area contributed by atoms with Crippen molar-refractivity contribution in [1.29, 1.82) is 0 Å². The highest BCUT2D eigenvalue weighted by atomic mass is 32.2. The Hall–Kier alpha value is -1.41. The van der Waals surface area contributed by atoms with Gasteiger partial charge in [0.2, 0.25) is 5.91 Å². The van der Waals surface area contributed by atoms with Gasteiger partial charge in [-0.1, -0.05) is 6.92 Å². The van der Waals surface area contributed by atoms with E-state index in [2.05, 4.69) is 15.3 Å². The van der Waals surface area contributed by atoms with E-state index in [1.807, 2.05) is 6.92 Å². The van der Waals surface area contributed by atoms with Gasteiger partial charge in [0.15, 0.2) is 5.03 Å². The number of H-pyrrole nitrogens is 1. The molecule has 1 aliphatic heterocycles. The van der Waals surface area contributed by atoms with E-state index in [0.29, 0.717) is 32.5 Å². The van der Waals surface area contributed by atoms with Crippen molar-refractivity contribution in [2.45, 2.75) is 31.2 Å². The first-order valence-electron chi connectivity index (χ1n) is 6.82. The molecule has 112 valence electrons. The van der Waals surface area contributed by atoms with Gasteiger partial charge in [0.1, 0.15) is 0 Å². The molecule has 1 aliphatic rings. The summed E-state index contributed by atoms with van der Waals surface area (Å²) in [6, 6.07) is 0. The zero-order valence-corrected chi connectivity index (χ0v) is 12.3. The maximum Gasteiger partial charge on any atom is 0.260 e. The Kier molecular flexibility index (Phi) is 4.77. The molecule has 0 unspecified atom stereocenters. The number of imidazole rings is 1. The molecule has 1 fully saturated rings. The third-order valence-electron chi connectivity index (χ3n) is 3.46. The number of nitrogens with zero attached hydrogens (tertiary/aromatic N) is 2. The smallest absolute Gasteiger partial charge is 0.260 e. The second kappa shape index (κ2) is 6.36. The average Bonchev–Trinajstić information content (AvgIpc) is 3.00. The summed E-state index contributed by atoms with van der Waals surface area (Å²) in [6.07, 6.45) is 4.66. The zero-order chi connectivity index (χ0) is 14.6. The fraction of sp³-hybridized carbons (Fsp3) is 0.667. The van der Waals surface area contributed by atoms with Crippen LogP contribution in [0, 0.1) is 5.92 Å². The van der Waals surface area contributed by atoms with Crippen molar-refractivity contribution in [1.82, 2.24) is 19.6 Å². The van der Waals surface area contributed by atoms with E-state index in [4.69, 9.17) is 0 Å². The highest BCUT2D eigenvalue weighted by Gasteiger charge is 2.32. The van der Waals surface area contributed by atoms with E-state index in [-0.39, 0.29) is 16.9 Å². The van der Waals surface area contributed by atoms with Gasteiger partial charge in [0.25, 0.3) is 10.0 Å². The number of rotatable bonds is 5. The minimum absolute atomic E-state index is 0.0328. The van der Waals surface area contributed by atoms with Gasteiger partial charge in [-0.05, 0) is 19.3 Å². The van der Waals surface area contributed by atoms with Gasteiger partial charge in [0, 0.05) is 25.6 Å². The number of hydrogen-bond donors (Lipinski definition) is 2. The molecule has 0 radical (unpaired) electrons. The lowest BCUT2D eigenvalue weighted by molar-refractivity contribution is -0.126. The number of aromatic nitrogens is 2. The van der Waals surface area contributed by atoms with Crippen LogP contribution in [0.1, 0.15) is 26.2 Å². The molecule has 0 saturated carbocycles. The second-order valence-electron chi connectivity index (χ2n) is 4.89. The molecule has 0 spiro atoms. The number of aromatic amines is 1. The molecule has 0 bridgehead atoms. The van der Waals surface area contributed by atoms with Crippen LogP contribution in [-0.2, 0) is 14.8 Å². The summed E-state index contributed by atoms with van der Waals surface area (Å²) >= 11 is 0. The van der Waals surface area contributed by atoms with Gasteiger partial charge in [-0.3, -0.25) is 4.79 Å². The van der Waals surface area contributed by atoms with Crippen LogP contribution in [0.25, 0.3) is 0 Å². The summed E-state index contributed by atoms with van der Waals surface area (Å²) in [5.41, 5.74) is 0. The predicted octanol–water partition coefficient (Wildman–Crippen LogP) is 0.337. The predicted molar refractivity (Wildman–Crippen MR) is 73.4 cm³/mol. The third-order valence-corrected chi connectivity index (χ3v) is 5.29. The highest BCUT2D eigenvalue weighted by molar-refractivity contribution is 7.89. The van der Waals surface area contributed by atoms with Crippen LogP contribution in [0.5, 0.6) is 0 Å². The van der Waals surface area contributed by atoms with Gasteiger partial charge in [0.05, 0.1) is 12.5 Å². The molecule has 2 rings (SSSR count). The molecule has 2 heterocycles. The second-order valence-corrected chi connectivity index (χ2v) is 6.79. The number of nitrogens with one attached hydrogen (secondary N) is 2. The average molecular weight is 300 g/mol. The Morgan fingerprint density at radius 3 is 2.75 bits per heavy atom. The molecule has 1 aromatic rings. The normalized spacial score (nSPS) is 18.1. The molecule has 8 heteroatoms. The van der Waals surface area contributed by atoms with Crippen molar-refractivity contribution in [2.75, 3.05) is 19.6 Å². The molecular formula is C12H20N4O3S. The molecule has 1 saturated heterocycles. The maximum atomic E-state index is 12.3. The summed E-state index contributed by atoms with van der Waals surface area (Å²) in [7, 11) is -3.50. The SMILES string of the molecule is CCCNC(=O)C1CCN(S(=O)(=O)c2cnc[nH]2)CC1. The number of sulfonamides is 1. The lowest BCUT2D eigenvalue weighted by atomic mass is 9.97. The van der Waals surface area contributed by atoms with E-state index < -0.39 is 10.0 Å². The van der Waals surface area contributed by atoms with Crippen molar-refractivity contribution in [3.63, 3.8) is 0 Å². The fourth-order valence-electron chi connectivity index (χ4n) is 2.27.